The number of benzene rings is 1. The monoisotopic (exact) mass is 238 g/mol. The van der Waals surface area contributed by atoms with Gasteiger partial charge in [0.2, 0.25) is 0 Å². The molecule has 0 aliphatic rings. The molecule has 1 aromatic carbocycles. The molecule has 6 heteroatoms. The summed E-state index contributed by atoms with van der Waals surface area (Å²) in [7, 11) is 0. The Labute approximate surface area is 95.1 Å². The summed E-state index contributed by atoms with van der Waals surface area (Å²) >= 11 is 0. The van der Waals surface area contributed by atoms with Crippen molar-refractivity contribution < 1.29 is 18.7 Å². The molecule has 88 valence electrons. The van der Waals surface area contributed by atoms with E-state index in [1.807, 2.05) is 0 Å². The number of carboxylic acids is 1. The minimum atomic E-state index is -1.13. The molecule has 0 bridgehead atoms. The van der Waals surface area contributed by atoms with E-state index in [1.54, 1.807) is 0 Å². The van der Waals surface area contributed by atoms with Crippen LogP contribution in [0.4, 0.5) is 8.78 Å². The standard InChI is InChI=1S/C11H8F2N2O2/c1-6-10(11(16)17)5-14-15(6)9-3-7(12)2-8(13)4-9/h2-5H,1H3,(H,16,17). The van der Waals surface area contributed by atoms with Crippen LogP contribution in [0.1, 0.15) is 16.1 Å². The second kappa shape index (κ2) is 3.97. The number of nitrogens with zero attached hydrogens (tertiary/aromatic N) is 2. The van der Waals surface area contributed by atoms with Crippen molar-refractivity contribution in [3.8, 4) is 5.69 Å². The Morgan fingerprint density at radius 2 is 1.88 bits per heavy atom. The predicted molar refractivity (Wildman–Crippen MR) is 55.2 cm³/mol. The van der Waals surface area contributed by atoms with Crippen LogP contribution in [0.15, 0.2) is 24.4 Å². The number of hydrogen-bond donors (Lipinski definition) is 1. The summed E-state index contributed by atoms with van der Waals surface area (Å²) in [5.41, 5.74) is 0.449. The van der Waals surface area contributed by atoms with Gasteiger partial charge in [-0.25, -0.2) is 18.3 Å². The van der Waals surface area contributed by atoms with E-state index in [4.69, 9.17) is 5.11 Å². The molecule has 0 spiro atoms. The molecule has 0 saturated heterocycles. The van der Waals surface area contributed by atoms with Gasteiger partial charge in [0.1, 0.15) is 17.2 Å². The van der Waals surface area contributed by atoms with Gasteiger partial charge in [0.15, 0.2) is 0 Å². The molecule has 17 heavy (non-hydrogen) atoms. The second-order valence-electron chi connectivity index (χ2n) is 3.49. The van der Waals surface area contributed by atoms with Crippen LogP contribution >= 0.6 is 0 Å². The lowest BCUT2D eigenvalue weighted by molar-refractivity contribution is 0.0696. The van der Waals surface area contributed by atoms with Gasteiger partial charge < -0.3 is 5.11 Å². The van der Waals surface area contributed by atoms with Gasteiger partial charge in [0, 0.05) is 6.07 Å². The van der Waals surface area contributed by atoms with Crippen LogP contribution < -0.4 is 0 Å². The molecule has 0 radical (unpaired) electrons. The van der Waals surface area contributed by atoms with Crippen LogP contribution in [0, 0.1) is 18.6 Å². The van der Waals surface area contributed by atoms with Crippen molar-refractivity contribution in [2.24, 2.45) is 0 Å². The summed E-state index contributed by atoms with van der Waals surface area (Å²) in [6, 6.07) is 2.89. The third-order valence-corrected chi connectivity index (χ3v) is 2.33. The fourth-order valence-corrected chi connectivity index (χ4v) is 1.54. The van der Waals surface area contributed by atoms with Gasteiger partial charge in [-0.05, 0) is 19.1 Å². The average molecular weight is 238 g/mol. The number of rotatable bonds is 2. The lowest BCUT2D eigenvalue weighted by Gasteiger charge is -2.05. The third-order valence-electron chi connectivity index (χ3n) is 2.33. The average Bonchev–Trinajstić information content (AvgIpc) is 2.58. The first-order chi connectivity index (χ1) is 7.99. The molecule has 4 nitrogen and oxygen atoms in total. The Morgan fingerprint density at radius 1 is 1.29 bits per heavy atom. The maximum atomic E-state index is 13.0. The highest BCUT2D eigenvalue weighted by molar-refractivity contribution is 5.88. The molecule has 0 fully saturated rings. The van der Waals surface area contributed by atoms with Gasteiger partial charge in [-0.1, -0.05) is 0 Å². The zero-order valence-corrected chi connectivity index (χ0v) is 8.82. The highest BCUT2D eigenvalue weighted by Crippen LogP contribution is 2.16. The highest BCUT2D eigenvalue weighted by Gasteiger charge is 2.14. The van der Waals surface area contributed by atoms with Gasteiger partial charge in [0.05, 0.1) is 17.6 Å². The Hall–Kier alpha value is -2.24. The molecule has 0 unspecified atom stereocenters. The van der Waals surface area contributed by atoms with E-state index in [-0.39, 0.29) is 11.3 Å². The van der Waals surface area contributed by atoms with Crippen molar-refractivity contribution in [1.29, 1.82) is 0 Å². The van der Waals surface area contributed by atoms with Crippen LogP contribution in [0.25, 0.3) is 5.69 Å². The lowest BCUT2D eigenvalue weighted by atomic mass is 10.2. The van der Waals surface area contributed by atoms with E-state index in [9.17, 15) is 13.6 Å². The topological polar surface area (TPSA) is 55.1 Å². The normalized spacial score (nSPS) is 10.5. The molecule has 0 aliphatic carbocycles. The number of carbonyl (C=O) groups is 1. The van der Waals surface area contributed by atoms with Crippen LogP contribution in [0.2, 0.25) is 0 Å². The summed E-state index contributed by atoms with van der Waals surface area (Å²) in [6.07, 6.45) is 1.14. The smallest absolute Gasteiger partial charge is 0.339 e. The molecule has 1 N–H and O–H groups in total. The van der Waals surface area contributed by atoms with Crippen LogP contribution in [0.5, 0.6) is 0 Å². The van der Waals surface area contributed by atoms with Crippen molar-refractivity contribution in [3.63, 3.8) is 0 Å². The molecule has 1 heterocycles. The zero-order chi connectivity index (χ0) is 12.6. The van der Waals surface area contributed by atoms with Crippen molar-refractivity contribution in [2.75, 3.05) is 0 Å². The van der Waals surface area contributed by atoms with Gasteiger partial charge in [-0.15, -0.1) is 0 Å². The van der Waals surface area contributed by atoms with E-state index in [1.165, 1.54) is 11.6 Å². The highest BCUT2D eigenvalue weighted by atomic mass is 19.1. The molecular weight excluding hydrogens is 230 g/mol. The van der Waals surface area contributed by atoms with Gasteiger partial charge in [-0.3, -0.25) is 0 Å². The Kier molecular flexibility index (Phi) is 2.63. The van der Waals surface area contributed by atoms with E-state index in [0.717, 1.165) is 24.4 Å². The van der Waals surface area contributed by atoms with Crippen LogP contribution in [-0.4, -0.2) is 20.9 Å². The number of aromatic carboxylic acids is 1. The Morgan fingerprint density at radius 3 is 2.35 bits per heavy atom. The fourth-order valence-electron chi connectivity index (χ4n) is 1.54. The molecule has 0 saturated carbocycles. The summed E-state index contributed by atoms with van der Waals surface area (Å²) < 4.78 is 27.2. The number of halogens is 2. The molecule has 0 atom stereocenters. The molecule has 0 amide bonds. The fraction of sp³-hybridized carbons (Fsp3) is 0.0909. The molecular formula is C11H8F2N2O2. The first-order valence-electron chi connectivity index (χ1n) is 4.73. The minimum absolute atomic E-state index is 0.00494. The predicted octanol–water partition coefficient (Wildman–Crippen LogP) is 2.16. The third kappa shape index (κ3) is 2.01. The molecule has 2 aromatic rings. The van der Waals surface area contributed by atoms with E-state index >= 15 is 0 Å². The van der Waals surface area contributed by atoms with Gasteiger partial charge >= 0.3 is 5.97 Å². The molecule has 1 aromatic heterocycles. The van der Waals surface area contributed by atoms with Crippen molar-refractivity contribution in [1.82, 2.24) is 9.78 Å². The first-order valence-corrected chi connectivity index (χ1v) is 4.73. The van der Waals surface area contributed by atoms with Crippen LogP contribution in [-0.2, 0) is 0 Å². The number of aromatic nitrogens is 2. The second-order valence-corrected chi connectivity index (χ2v) is 3.49. The number of carboxylic acid groups (broad SMARTS) is 1. The Balaban J connectivity index is 2.57. The van der Waals surface area contributed by atoms with Crippen molar-refractivity contribution in [3.05, 3.63) is 47.3 Å². The van der Waals surface area contributed by atoms with Gasteiger partial charge in [-0.2, -0.15) is 5.10 Å². The summed E-state index contributed by atoms with van der Waals surface area (Å²) in [5.74, 6) is -2.62. The number of hydrogen-bond acceptors (Lipinski definition) is 2. The minimum Gasteiger partial charge on any atom is -0.478 e. The van der Waals surface area contributed by atoms with E-state index in [0.29, 0.717) is 5.69 Å². The zero-order valence-electron chi connectivity index (χ0n) is 8.82. The maximum absolute atomic E-state index is 13.0. The van der Waals surface area contributed by atoms with Crippen molar-refractivity contribution >= 4 is 5.97 Å². The van der Waals surface area contributed by atoms with Crippen LogP contribution in [0.3, 0.4) is 0 Å². The first kappa shape index (κ1) is 11.3. The van der Waals surface area contributed by atoms with Crippen molar-refractivity contribution in [2.45, 2.75) is 6.92 Å². The lowest BCUT2D eigenvalue weighted by Crippen LogP contribution is -2.03. The molecule has 2 rings (SSSR count). The quantitative estimate of drug-likeness (QED) is 0.872. The Bertz CT molecular complexity index is 573. The SMILES string of the molecule is Cc1c(C(=O)O)cnn1-c1cc(F)cc(F)c1. The summed E-state index contributed by atoms with van der Waals surface area (Å²) in [4.78, 5) is 10.8. The van der Waals surface area contributed by atoms with E-state index in [2.05, 4.69) is 5.10 Å². The maximum Gasteiger partial charge on any atom is 0.339 e. The summed E-state index contributed by atoms with van der Waals surface area (Å²) in [6.45, 7) is 1.51. The largest absolute Gasteiger partial charge is 0.478 e. The van der Waals surface area contributed by atoms with Gasteiger partial charge in [0.25, 0.3) is 0 Å². The van der Waals surface area contributed by atoms with E-state index < -0.39 is 17.6 Å². The summed E-state index contributed by atoms with van der Waals surface area (Å²) in [5, 5.41) is 12.6. The molecule has 0 aliphatic heterocycles.